The number of para-hydroxylation sites is 1. The number of ketones is 1. The van der Waals surface area contributed by atoms with E-state index in [1.807, 2.05) is 25.9 Å². The van der Waals surface area contributed by atoms with Gasteiger partial charge in [-0.15, -0.1) is 0 Å². The molecule has 1 aliphatic rings. The molecule has 2 aromatic rings. The van der Waals surface area contributed by atoms with Gasteiger partial charge in [0.15, 0.2) is 11.5 Å². The number of likely N-dealkylation sites (tertiary alicyclic amines) is 1. The first-order chi connectivity index (χ1) is 16.8. The van der Waals surface area contributed by atoms with Crippen LogP contribution in [0, 0.1) is 0 Å². The molecule has 1 saturated heterocycles. The van der Waals surface area contributed by atoms with Crippen molar-refractivity contribution in [2.75, 3.05) is 48.0 Å². The average Bonchev–Trinajstić information content (AvgIpc) is 3.11. The predicted molar refractivity (Wildman–Crippen MR) is 134 cm³/mol. The minimum absolute atomic E-state index is 0.0219. The zero-order valence-corrected chi connectivity index (χ0v) is 21.0. The molecular weight excluding hydrogens is 448 g/mol. The molecule has 0 aromatic heterocycles. The number of nitrogens with zero attached hydrogens (tertiary/aromatic N) is 2. The van der Waals surface area contributed by atoms with Gasteiger partial charge in [-0.05, 0) is 63.8 Å². The second-order valence-corrected chi connectivity index (χ2v) is 8.60. The minimum atomic E-state index is -0.821. The Kier molecular flexibility index (Phi) is 8.76. The van der Waals surface area contributed by atoms with Gasteiger partial charge in [0.05, 0.1) is 32.4 Å². The van der Waals surface area contributed by atoms with E-state index in [9.17, 15) is 14.7 Å². The molecule has 1 heterocycles. The maximum absolute atomic E-state index is 13.3. The van der Waals surface area contributed by atoms with Crippen molar-refractivity contribution in [1.29, 1.82) is 0 Å². The van der Waals surface area contributed by atoms with E-state index in [1.165, 1.54) is 19.1 Å². The Hall–Kier alpha value is -3.52. The van der Waals surface area contributed by atoms with Gasteiger partial charge in [0.1, 0.15) is 11.5 Å². The third-order valence-electron chi connectivity index (χ3n) is 5.87. The summed E-state index contributed by atoms with van der Waals surface area (Å²) in [7, 11) is 6.93. The molecule has 0 unspecified atom stereocenters. The number of aliphatic hydroxyl groups excluding tert-OH is 1. The first kappa shape index (κ1) is 26.1. The molecule has 0 bridgehead atoms. The fraction of sp³-hybridized carbons (Fsp3) is 0.407. The molecule has 1 N–H and O–H groups in total. The standard InChI is InChI=1S/C27H34N2O6/c1-6-17-35-19-13-11-18(12-14-19)24(30)22-23(20-9-7-10-21(33-4)26(20)34-5)29(27(32)25(22)31)16-8-15-28(2)3/h7,9-14,23,30H,6,8,15-17H2,1-5H3/b24-22+/t23-/m0/s1. The van der Waals surface area contributed by atoms with Crippen molar-refractivity contribution < 1.29 is 28.9 Å². The monoisotopic (exact) mass is 482 g/mol. The van der Waals surface area contributed by atoms with Crippen molar-refractivity contribution in [3.8, 4) is 17.2 Å². The third-order valence-corrected chi connectivity index (χ3v) is 5.87. The smallest absolute Gasteiger partial charge is 0.295 e. The summed E-state index contributed by atoms with van der Waals surface area (Å²) in [6.45, 7) is 3.68. The molecule has 8 nitrogen and oxygen atoms in total. The summed E-state index contributed by atoms with van der Waals surface area (Å²) < 4.78 is 16.7. The van der Waals surface area contributed by atoms with Gasteiger partial charge in [0, 0.05) is 17.7 Å². The first-order valence-electron chi connectivity index (χ1n) is 11.7. The van der Waals surface area contributed by atoms with Gasteiger partial charge in [0.25, 0.3) is 11.7 Å². The molecule has 35 heavy (non-hydrogen) atoms. The van der Waals surface area contributed by atoms with Crippen LogP contribution in [0.2, 0.25) is 0 Å². The highest BCUT2D eigenvalue weighted by atomic mass is 16.5. The lowest BCUT2D eigenvalue weighted by Gasteiger charge is -2.27. The summed E-state index contributed by atoms with van der Waals surface area (Å²) in [5, 5.41) is 11.3. The zero-order valence-electron chi connectivity index (χ0n) is 21.0. The number of rotatable bonds is 11. The number of aliphatic hydroxyl groups is 1. The minimum Gasteiger partial charge on any atom is -0.507 e. The molecule has 0 saturated carbocycles. The zero-order chi connectivity index (χ0) is 25.5. The number of carbonyl (C=O) groups excluding carboxylic acids is 2. The van der Waals surface area contributed by atoms with E-state index in [1.54, 1.807) is 42.5 Å². The van der Waals surface area contributed by atoms with Crippen LogP contribution in [0.1, 0.15) is 36.9 Å². The fourth-order valence-electron chi connectivity index (χ4n) is 4.20. The Morgan fingerprint density at radius 1 is 1.06 bits per heavy atom. The molecule has 0 aliphatic carbocycles. The van der Waals surface area contributed by atoms with Crippen LogP contribution in [-0.4, -0.2) is 74.6 Å². The summed E-state index contributed by atoms with van der Waals surface area (Å²) in [5.41, 5.74) is 1.01. The van der Waals surface area contributed by atoms with Crippen LogP contribution in [0.4, 0.5) is 0 Å². The van der Waals surface area contributed by atoms with E-state index in [0.717, 1.165) is 13.0 Å². The number of hydrogen-bond donors (Lipinski definition) is 1. The number of hydrogen-bond acceptors (Lipinski definition) is 7. The highest BCUT2D eigenvalue weighted by Gasteiger charge is 2.47. The van der Waals surface area contributed by atoms with Crippen molar-refractivity contribution >= 4 is 17.4 Å². The van der Waals surface area contributed by atoms with Crippen molar-refractivity contribution in [3.63, 3.8) is 0 Å². The Morgan fingerprint density at radius 2 is 1.77 bits per heavy atom. The lowest BCUT2D eigenvalue weighted by Crippen LogP contribution is -2.32. The van der Waals surface area contributed by atoms with E-state index < -0.39 is 17.7 Å². The highest BCUT2D eigenvalue weighted by Crippen LogP contribution is 2.45. The van der Waals surface area contributed by atoms with Crippen LogP contribution >= 0.6 is 0 Å². The third kappa shape index (κ3) is 5.59. The van der Waals surface area contributed by atoms with Crippen LogP contribution in [0.15, 0.2) is 48.0 Å². The summed E-state index contributed by atoms with van der Waals surface area (Å²) in [5.74, 6) is -0.0689. The van der Waals surface area contributed by atoms with Gasteiger partial charge in [-0.2, -0.15) is 0 Å². The fourth-order valence-corrected chi connectivity index (χ4v) is 4.20. The molecule has 0 spiro atoms. The van der Waals surface area contributed by atoms with Gasteiger partial charge in [-0.1, -0.05) is 19.1 Å². The molecule has 1 aliphatic heterocycles. The number of carbonyl (C=O) groups is 2. The van der Waals surface area contributed by atoms with Crippen LogP contribution < -0.4 is 14.2 Å². The Balaban J connectivity index is 2.12. The Labute approximate surface area is 206 Å². The second kappa shape index (κ2) is 11.8. The van der Waals surface area contributed by atoms with E-state index in [-0.39, 0.29) is 11.3 Å². The maximum Gasteiger partial charge on any atom is 0.295 e. The topological polar surface area (TPSA) is 88.5 Å². The van der Waals surface area contributed by atoms with Gasteiger partial charge >= 0.3 is 0 Å². The summed E-state index contributed by atoms with van der Waals surface area (Å²) >= 11 is 0. The SMILES string of the molecule is CCCOc1ccc(/C(O)=C2\C(=O)C(=O)N(CCCN(C)C)[C@H]2c2cccc(OC)c2OC)cc1. The van der Waals surface area contributed by atoms with Crippen LogP contribution in [0.25, 0.3) is 5.76 Å². The summed E-state index contributed by atoms with van der Waals surface area (Å²) in [6.07, 6.45) is 1.54. The van der Waals surface area contributed by atoms with Crippen molar-refractivity contribution in [3.05, 3.63) is 59.2 Å². The summed E-state index contributed by atoms with van der Waals surface area (Å²) in [4.78, 5) is 29.9. The van der Waals surface area contributed by atoms with E-state index in [0.29, 0.717) is 47.9 Å². The predicted octanol–water partition coefficient (Wildman–Crippen LogP) is 3.87. The maximum atomic E-state index is 13.3. The van der Waals surface area contributed by atoms with E-state index in [4.69, 9.17) is 14.2 Å². The number of amides is 1. The molecule has 0 radical (unpaired) electrons. The second-order valence-electron chi connectivity index (χ2n) is 8.60. The van der Waals surface area contributed by atoms with Gasteiger partial charge in [-0.25, -0.2) is 0 Å². The number of ether oxygens (including phenoxy) is 3. The van der Waals surface area contributed by atoms with Gasteiger partial charge in [-0.3, -0.25) is 9.59 Å². The number of Topliss-reactive ketones (excluding diaryl/α,β-unsaturated/α-hetero) is 1. The number of methoxy groups -OCH3 is 2. The molecule has 1 amide bonds. The van der Waals surface area contributed by atoms with E-state index in [2.05, 4.69) is 0 Å². The molecule has 188 valence electrons. The average molecular weight is 483 g/mol. The van der Waals surface area contributed by atoms with Crippen molar-refractivity contribution in [1.82, 2.24) is 9.80 Å². The van der Waals surface area contributed by atoms with Gasteiger partial charge in [0.2, 0.25) is 0 Å². The quantitative estimate of drug-likeness (QED) is 0.296. The first-order valence-corrected chi connectivity index (χ1v) is 11.7. The molecule has 8 heteroatoms. The van der Waals surface area contributed by atoms with Crippen LogP contribution in [-0.2, 0) is 9.59 Å². The van der Waals surface area contributed by atoms with Crippen LogP contribution in [0.3, 0.4) is 0 Å². The van der Waals surface area contributed by atoms with Crippen molar-refractivity contribution in [2.24, 2.45) is 0 Å². The Bertz CT molecular complexity index is 1080. The van der Waals surface area contributed by atoms with Crippen molar-refractivity contribution in [2.45, 2.75) is 25.8 Å². The summed E-state index contributed by atoms with van der Waals surface area (Å²) in [6, 6.07) is 11.3. The number of benzene rings is 2. The highest BCUT2D eigenvalue weighted by molar-refractivity contribution is 6.46. The lowest BCUT2D eigenvalue weighted by molar-refractivity contribution is -0.140. The van der Waals surface area contributed by atoms with Crippen LogP contribution in [0.5, 0.6) is 17.2 Å². The molecule has 1 fully saturated rings. The normalized spacial score (nSPS) is 17.2. The molecule has 3 rings (SSSR count). The lowest BCUT2D eigenvalue weighted by atomic mass is 9.94. The Morgan fingerprint density at radius 3 is 2.37 bits per heavy atom. The molecule has 2 aromatic carbocycles. The molecular formula is C27H34N2O6. The molecule has 1 atom stereocenters. The van der Waals surface area contributed by atoms with Gasteiger partial charge < -0.3 is 29.1 Å². The van der Waals surface area contributed by atoms with E-state index >= 15 is 0 Å². The largest absolute Gasteiger partial charge is 0.507 e.